The highest BCUT2D eigenvalue weighted by Crippen LogP contribution is 2.09. The van der Waals surface area contributed by atoms with E-state index in [0.717, 1.165) is 5.56 Å². The molecule has 0 heterocycles. The van der Waals surface area contributed by atoms with E-state index in [-0.39, 0.29) is 11.0 Å². The van der Waals surface area contributed by atoms with Crippen LogP contribution < -0.4 is 4.89 Å². The normalized spacial score (nSPS) is 12.0. The van der Waals surface area contributed by atoms with Gasteiger partial charge in [-0.2, -0.15) is 0 Å². The van der Waals surface area contributed by atoms with Crippen LogP contribution >= 0.6 is 0 Å². The maximum Gasteiger partial charge on any atom is 0.262 e. The van der Waals surface area contributed by atoms with Crippen LogP contribution in [0, 0.1) is 6.92 Å². The van der Waals surface area contributed by atoms with Gasteiger partial charge in [0, 0.05) is 0 Å². The molecule has 0 saturated carbocycles. The molecule has 0 saturated heterocycles. The van der Waals surface area contributed by atoms with Gasteiger partial charge in [0.25, 0.3) is 10.0 Å². The van der Waals surface area contributed by atoms with E-state index < -0.39 is 10.0 Å². The summed E-state index contributed by atoms with van der Waals surface area (Å²) in [6.07, 6.45) is -0.190. The van der Waals surface area contributed by atoms with E-state index in [9.17, 15) is 8.42 Å². The molecule has 0 amide bonds. The van der Waals surface area contributed by atoms with E-state index in [1.165, 1.54) is 0 Å². The number of hydrogen-bond donors (Lipinski definition) is 1. The molecule has 84 valence electrons. The van der Waals surface area contributed by atoms with Crippen LogP contribution in [-0.2, 0) is 14.9 Å². The SMILES string of the molecule is Cc1ccc(S(=O)(=O)NOC(C)C)cc1. The Morgan fingerprint density at radius 1 is 1.20 bits per heavy atom. The molecule has 0 aliphatic rings. The average Bonchev–Trinajstić information content (AvgIpc) is 2.16. The molecule has 0 fully saturated rings. The predicted octanol–water partition coefficient (Wildman–Crippen LogP) is 1.61. The summed E-state index contributed by atoms with van der Waals surface area (Å²) in [4.78, 5) is 7.12. The second kappa shape index (κ2) is 4.74. The summed E-state index contributed by atoms with van der Waals surface area (Å²) in [6, 6.07) is 6.57. The highest BCUT2D eigenvalue weighted by Gasteiger charge is 2.13. The van der Waals surface area contributed by atoms with Gasteiger partial charge in [-0.25, -0.2) is 8.42 Å². The zero-order valence-corrected chi connectivity index (χ0v) is 9.84. The highest BCUT2D eigenvalue weighted by atomic mass is 32.2. The zero-order chi connectivity index (χ0) is 11.5. The maximum atomic E-state index is 11.6. The van der Waals surface area contributed by atoms with Crippen LogP contribution in [0.25, 0.3) is 0 Å². The largest absolute Gasteiger partial charge is 0.284 e. The van der Waals surface area contributed by atoms with E-state index in [4.69, 9.17) is 4.84 Å². The molecule has 5 heteroatoms. The predicted molar refractivity (Wildman–Crippen MR) is 57.7 cm³/mol. The lowest BCUT2D eigenvalue weighted by molar-refractivity contribution is 0.0409. The van der Waals surface area contributed by atoms with Crippen molar-refractivity contribution in [3.05, 3.63) is 29.8 Å². The van der Waals surface area contributed by atoms with Gasteiger partial charge in [-0.1, -0.05) is 22.6 Å². The summed E-state index contributed by atoms with van der Waals surface area (Å²) in [7, 11) is -3.54. The first-order valence-electron chi connectivity index (χ1n) is 4.66. The minimum atomic E-state index is -3.54. The van der Waals surface area contributed by atoms with Crippen LogP contribution in [0.15, 0.2) is 29.2 Å². The fourth-order valence-electron chi connectivity index (χ4n) is 0.925. The first-order chi connectivity index (χ1) is 6.92. The fraction of sp³-hybridized carbons (Fsp3) is 0.400. The van der Waals surface area contributed by atoms with Gasteiger partial charge in [0.15, 0.2) is 0 Å². The zero-order valence-electron chi connectivity index (χ0n) is 9.02. The Labute approximate surface area is 90.3 Å². The Morgan fingerprint density at radius 2 is 1.73 bits per heavy atom. The monoisotopic (exact) mass is 229 g/mol. The van der Waals surface area contributed by atoms with Gasteiger partial charge < -0.3 is 0 Å². The molecule has 1 aromatic rings. The molecule has 0 aliphatic carbocycles. The summed E-state index contributed by atoms with van der Waals surface area (Å²) in [5, 5.41) is 0. The Hall–Kier alpha value is -0.910. The lowest BCUT2D eigenvalue weighted by atomic mass is 10.2. The summed E-state index contributed by atoms with van der Waals surface area (Å²) in [5.41, 5.74) is 1.01. The third kappa shape index (κ3) is 3.62. The number of benzene rings is 1. The summed E-state index contributed by atoms with van der Waals surface area (Å²) < 4.78 is 23.2. The molecule has 0 bridgehead atoms. The number of rotatable bonds is 4. The number of sulfonamides is 1. The van der Waals surface area contributed by atoms with Crippen molar-refractivity contribution in [2.24, 2.45) is 0 Å². The van der Waals surface area contributed by atoms with Crippen molar-refractivity contribution in [1.29, 1.82) is 0 Å². The van der Waals surface area contributed by atoms with E-state index in [0.29, 0.717) is 0 Å². The summed E-state index contributed by atoms with van der Waals surface area (Å²) >= 11 is 0. The molecule has 1 rings (SSSR count). The molecule has 4 nitrogen and oxygen atoms in total. The Balaban J connectivity index is 2.82. The van der Waals surface area contributed by atoms with Gasteiger partial charge in [0.2, 0.25) is 0 Å². The number of hydrogen-bond acceptors (Lipinski definition) is 3. The van der Waals surface area contributed by atoms with Crippen LogP contribution in [0.4, 0.5) is 0 Å². The Morgan fingerprint density at radius 3 is 2.20 bits per heavy atom. The molecule has 1 aromatic carbocycles. The molecule has 0 unspecified atom stereocenters. The second-order valence-corrected chi connectivity index (χ2v) is 5.21. The molecule has 0 aliphatic heterocycles. The van der Waals surface area contributed by atoms with E-state index in [1.54, 1.807) is 38.1 Å². The first-order valence-corrected chi connectivity index (χ1v) is 6.14. The van der Waals surface area contributed by atoms with Crippen LogP contribution in [0.3, 0.4) is 0 Å². The van der Waals surface area contributed by atoms with E-state index in [2.05, 4.69) is 4.89 Å². The number of nitrogens with one attached hydrogen (secondary N) is 1. The van der Waals surface area contributed by atoms with Gasteiger partial charge in [-0.15, -0.1) is 0 Å². The molecular weight excluding hydrogens is 214 g/mol. The summed E-state index contributed by atoms with van der Waals surface area (Å²) in [5.74, 6) is 0. The molecule has 0 radical (unpaired) electrons. The number of aryl methyl sites for hydroxylation is 1. The van der Waals surface area contributed by atoms with E-state index >= 15 is 0 Å². The Bertz CT molecular complexity index is 409. The maximum absolute atomic E-state index is 11.6. The van der Waals surface area contributed by atoms with Crippen molar-refractivity contribution in [1.82, 2.24) is 4.89 Å². The van der Waals surface area contributed by atoms with Crippen LogP contribution in [-0.4, -0.2) is 14.5 Å². The molecular formula is C10H15NO3S. The third-order valence-electron chi connectivity index (χ3n) is 1.72. The third-order valence-corrected chi connectivity index (χ3v) is 2.93. The van der Waals surface area contributed by atoms with Crippen LogP contribution in [0.1, 0.15) is 19.4 Å². The van der Waals surface area contributed by atoms with Crippen molar-refractivity contribution in [3.63, 3.8) is 0 Å². The second-order valence-electron chi connectivity index (χ2n) is 3.57. The summed E-state index contributed by atoms with van der Waals surface area (Å²) in [6.45, 7) is 5.39. The lowest BCUT2D eigenvalue weighted by Crippen LogP contribution is -2.27. The van der Waals surface area contributed by atoms with Crippen molar-refractivity contribution in [2.75, 3.05) is 0 Å². The average molecular weight is 229 g/mol. The Kier molecular flexibility index (Phi) is 3.84. The minimum absolute atomic E-state index is 0.190. The molecule has 0 spiro atoms. The molecule has 0 atom stereocenters. The molecule has 15 heavy (non-hydrogen) atoms. The van der Waals surface area contributed by atoms with Gasteiger partial charge >= 0.3 is 0 Å². The fourth-order valence-corrected chi connectivity index (χ4v) is 1.83. The lowest BCUT2D eigenvalue weighted by Gasteiger charge is -2.09. The van der Waals surface area contributed by atoms with Gasteiger partial charge in [-0.3, -0.25) is 4.84 Å². The highest BCUT2D eigenvalue weighted by molar-refractivity contribution is 7.89. The van der Waals surface area contributed by atoms with Gasteiger partial charge in [0.1, 0.15) is 0 Å². The van der Waals surface area contributed by atoms with Crippen molar-refractivity contribution in [2.45, 2.75) is 31.8 Å². The van der Waals surface area contributed by atoms with Gasteiger partial charge in [0.05, 0.1) is 11.0 Å². The first kappa shape index (κ1) is 12.2. The van der Waals surface area contributed by atoms with Crippen molar-refractivity contribution >= 4 is 10.0 Å². The minimum Gasteiger partial charge on any atom is -0.284 e. The van der Waals surface area contributed by atoms with Crippen molar-refractivity contribution in [3.8, 4) is 0 Å². The van der Waals surface area contributed by atoms with Crippen LogP contribution in [0.5, 0.6) is 0 Å². The van der Waals surface area contributed by atoms with E-state index in [1.807, 2.05) is 6.92 Å². The van der Waals surface area contributed by atoms with Crippen molar-refractivity contribution < 1.29 is 13.3 Å². The topological polar surface area (TPSA) is 55.4 Å². The smallest absolute Gasteiger partial charge is 0.262 e. The quantitative estimate of drug-likeness (QED) is 0.798. The van der Waals surface area contributed by atoms with Gasteiger partial charge in [-0.05, 0) is 32.9 Å². The standard InChI is InChI=1S/C10H15NO3S/c1-8(2)14-11-15(12,13)10-6-4-9(3)5-7-10/h4-8,11H,1-3H3. The molecule has 0 aromatic heterocycles. The molecule has 1 N–H and O–H groups in total. The van der Waals surface area contributed by atoms with Crippen LogP contribution in [0.2, 0.25) is 0 Å².